The van der Waals surface area contributed by atoms with Gasteiger partial charge in [-0.05, 0) is 37.1 Å². The average Bonchev–Trinajstić information content (AvgIpc) is 3.21. The second-order valence-corrected chi connectivity index (χ2v) is 8.08. The van der Waals surface area contributed by atoms with E-state index in [1.807, 2.05) is 46.0 Å². The largest absolute Gasteiger partial charge is 0.319 e. The van der Waals surface area contributed by atoms with Crippen molar-refractivity contribution in [2.75, 3.05) is 0 Å². The smallest absolute Gasteiger partial charge is 0.304 e. The third-order valence-corrected chi connectivity index (χ3v) is 5.91. The van der Waals surface area contributed by atoms with Crippen LogP contribution >= 0.6 is 11.3 Å². The minimum absolute atomic E-state index is 0.00514. The van der Waals surface area contributed by atoms with Crippen molar-refractivity contribution < 1.29 is 4.39 Å². The summed E-state index contributed by atoms with van der Waals surface area (Å²) in [4.78, 5) is 22.5. The van der Waals surface area contributed by atoms with Crippen molar-refractivity contribution in [2.45, 2.75) is 78.9 Å². The number of nitrogens with one attached hydrogen (secondary N) is 1. The lowest BCUT2D eigenvalue weighted by Gasteiger charge is -2.33. The quantitative estimate of drug-likeness (QED) is 0.501. The van der Waals surface area contributed by atoms with E-state index >= 15 is 0 Å². The number of halogens is 1. The Balaban J connectivity index is 0.000000757. The van der Waals surface area contributed by atoms with Crippen LogP contribution in [0.3, 0.4) is 0 Å². The number of fused-ring (bicyclic) bond motifs is 1. The molecule has 0 unspecified atom stereocenters. The van der Waals surface area contributed by atoms with Gasteiger partial charge in [0.2, 0.25) is 0 Å². The van der Waals surface area contributed by atoms with E-state index in [-0.39, 0.29) is 10.7 Å². The Hall–Kier alpha value is -2.05. The standard InChI is InChI=1S/C20H22FN3OS.2C2H6/c21-15-7-9-19-14(10-15)6-8-16(23-19)12-24(17-4-2-1-3-5-17)13-18-11-22-20(25)26-18;2*1-2/h6-11,17H,1-5,12-13H2,(H,22,25);2*1-2H3. The van der Waals surface area contributed by atoms with E-state index in [9.17, 15) is 9.18 Å². The number of hydrogen-bond acceptors (Lipinski definition) is 4. The van der Waals surface area contributed by atoms with Crippen molar-refractivity contribution in [1.82, 2.24) is 14.9 Å². The number of benzene rings is 1. The Morgan fingerprint density at radius 2 is 1.80 bits per heavy atom. The summed E-state index contributed by atoms with van der Waals surface area (Å²) in [6.45, 7) is 9.50. The SMILES string of the molecule is CC.CC.O=c1[nH]cc(CN(Cc2ccc3cc(F)ccc3n2)C2CCCCC2)s1. The highest BCUT2D eigenvalue weighted by Gasteiger charge is 2.22. The highest BCUT2D eigenvalue weighted by Crippen LogP contribution is 2.26. The predicted molar refractivity (Wildman–Crippen MR) is 125 cm³/mol. The van der Waals surface area contributed by atoms with Gasteiger partial charge in [0.15, 0.2) is 0 Å². The molecule has 0 aliphatic heterocycles. The van der Waals surface area contributed by atoms with Crippen molar-refractivity contribution in [3.63, 3.8) is 0 Å². The molecule has 1 N–H and O–H groups in total. The van der Waals surface area contributed by atoms with E-state index in [4.69, 9.17) is 4.98 Å². The molecule has 0 saturated heterocycles. The van der Waals surface area contributed by atoms with E-state index < -0.39 is 0 Å². The molecule has 164 valence electrons. The molecule has 1 aliphatic rings. The second-order valence-electron chi connectivity index (χ2n) is 6.98. The Morgan fingerprint density at radius 1 is 1.07 bits per heavy atom. The van der Waals surface area contributed by atoms with E-state index in [1.165, 1.54) is 55.6 Å². The highest BCUT2D eigenvalue weighted by atomic mass is 32.1. The van der Waals surface area contributed by atoms with Crippen molar-refractivity contribution in [2.24, 2.45) is 0 Å². The van der Waals surface area contributed by atoms with Gasteiger partial charge in [-0.3, -0.25) is 14.7 Å². The Labute approximate surface area is 183 Å². The number of H-pyrrole nitrogens is 1. The van der Waals surface area contributed by atoms with Gasteiger partial charge < -0.3 is 4.98 Å². The molecule has 0 spiro atoms. The maximum absolute atomic E-state index is 13.4. The third kappa shape index (κ3) is 6.74. The number of aromatic nitrogens is 2. The molecule has 2 aromatic heterocycles. The molecule has 1 fully saturated rings. The molecule has 0 bridgehead atoms. The van der Waals surface area contributed by atoms with Gasteiger partial charge in [0, 0.05) is 35.6 Å². The zero-order valence-electron chi connectivity index (χ0n) is 18.6. The van der Waals surface area contributed by atoms with Crippen molar-refractivity contribution in [3.05, 3.63) is 62.6 Å². The second kappa shape index (κ2) is 12.6. The van der Waals surface area contributed by atoms with Crippen LogP contribution in [0, 0.1) is 5.82 Å². The summed E-state index contributed by atoms with van der Waals surface area (Å²) in [6.07, 6.45) is 8.03. The molecule has 30 heavy (non-hydrogen) atoms. The van der Waals surface area contributed by atoms with Crippen LogP contribution in [-0.4, -0.2) is 20.9 Å². The molecule has 0 radical (unpaired) electrons. The van der Waals surface area contributed by atoms with Crippen LogP contribution in [0.15, 0.2) is 41.3 Å². The third-order valence-electron chi connectivity index (χ3n) is 5.10. The number of rotatable bonds is 5. The van der Waals surface area contributed by atoms with Gasteiger partial charge in [0.1, 0.15) is 5.82 Å². The zero-order valence-corrected chi connectivity index (χ0v) is 19.4. The number of thiazole rings is 1. The van der Waals surface area contributed by atoms with Crippen molar-refractivity contribution in [3.8, 4) is 0 Å². The van der Waals surface area contributed by atoms with Gasteiger partial charge in [-0.15, -0.1) is 0 Å². The van der Waals surface area contributed by atoms with Crippen LogP contribution in [-0.2, 0) is 13.1 Å². The molecule has 2 heterocycles. The highest BCUT2D eigenvalue weighted by molar-refractivity contribution is 7.09. The van der Waals surface area contributed by atoms with Gasteiger partial charge in [-0.25, -0.2) is 4.39 Å². The monoisotopic (exact) mass is 431 g/mol. The molecule has 6 heteroatoms. The Kier molecular flexibility index (Phi) is 10.2. The molecule has 1 aliphatic carbocycles. The summed E-state index contributed by atoms with van der Waals surface area (Å²) in [7, 11) is 0. The normalized spacial score (nSPS) is 14.1. The van der Waals surface area contributed by atoms with E-state index in [0.717, 1.165) is 34.6 Å². The minimum atomic E-state index is -0.238. The van der Waals surface area contributed by atoms with Crippen LogP contribution in [0.1, 0.15) is 70.4 Å². The van der Waals surface area contributed by atoms with Gasteiger partial charge in [-0.2, -0.15) is 0 Å². The molecule has 0 atom stereocenters. The van der Waals surface area contributed by atoms with Crippen molar-refractivity contribution in [1.29, 1.82) is 0 Å². The fourth-order valence-electron chi connectivity index (χ4n) is 3.79. The lowest BCUT2D eigenvalue weighted by molar-refractivity contribution is 0.139. The van der Waals surface area contributed by atoms with E-state index in [2.05, 4.69) is 9.88 Å². The Morgan fingerprint density at radius 3 is 2.47 bits per heavy atom. The molecule has 4 nitrogen and oxygen atoms in total. The molecule has 1 aromatic carbocycles. The zero-order chi connectivity index (χ0) is 21.9. The fraction of sp³-hybridized carbons (Fsp3) is 0.500. The Bertz CT molecular complexity index is 947. The van der Waals surface area contributed by atoms with Gasteiger partial charge >= 0.3 is 4.87 Å². The van der Waals surface area contributed by atoms with Crippen LogP contribution in [0.25, 0.3) is 10.9 Å². The first kappa shape index (κ1) is 24.2. The first-order chi connectivity index (χ1) is 14.7. The van der Waals surface area contributed by atoms with Crippen LogP contribution in [0.4, 0.5) is 4.39 Å². The molecule has 3 aromatic rings. The van der Waals surface area contributed by atoms with Crippen LogP contribution < -0.4 is 4.87 Å². The number of pyridine rings is 1. The van der Waals surface area contributed by atoms with Crippen molar-refractivity contribution >= 4 is 22.2 Å². The minimum Gasteiger partial charge on any atom is -0.319 e. The molecule has 1 saturated carbocycles. The summed E-state index contributed by atoms with van der Waals surface area (Å²) in [5.74, 6) is -0.238. The molecule has 4 rings (SSSR count). The van der Waals surface area contributed by atoms with Crippen LogP contribution in [0.5, 0.6) is 0 Å². The average molecular weight is 432 g/mol. The summed E-state index contributed by atoms with van der Waals surface area (Å²) in [6, 6.07) is 9.15. The summed E-state index contributed by atoms with van der Waals surface area (Å²) in [5.41, 5.74) is 1.80. The maximum Gasteiger partial charge on any atom is 0.304 e. The lowest BCUT2D eigenvalue weighted by Crippen LogP contribution is -2.35. The van der Waals surface area contributed by atoms with Gasteiger partial charge in [0.25, 0.3) is 0 Å². The topological polar surface area (TPSA) is 49.0 Å². The number of aromatic amines is 1. The van der Waals surface area contributed by atoms with Crippen LogP contribution in [0.2, 0.25) is 0 Å². The molecule has 0 amide bonds. The summed E-state index contributed by atoms with van der Waals surface area (Å²) < 4.78 is 13.4. The van der Waals surface area contributed by atoms with Gasteiger partial charge in [-0.1, -0.05) is 64.4 Å². The van der Waals surface area contributed by atoms with E-state index in [1.54, 1.807) is 6.07 Å². The fourth-order valence-corrected chi connectivity index (χ4v) is 4.49. The van der Waals surface area contributed by atoms with Gasteiger partial charge in [0.05, 0.1) is 11.2 Å². The maximum atomic E-state index is 13.4. The lowest BCUT2D eigenvalue weighted by atomic mass is 9.94. The van der Waals surface area contributed by atoms with E-state index in [0.29, 0.717) is 6.04 Å². The molecular weight excluding hydrogens is 397 g/mol. The first-order valence-corrected chi connectivity index (χ1v) is 12.0. The summed E-state index contributed by atoms with van der Waals surface area (Å²) in [5, 5.41) is 0.821. The predicted octanol–water partition coefficient (Wildman–Crippen LogP) is 6.51. The first-order valence-electron chi connectivity index (χ1n) is 11.1. The summed E-state index contributed by atoms with van der Waals surface area (Å²) >= 11 is 1.28. The number of nitrogens with zero attached hydrogens (tertiary/aromatic N) is 2. The number of hydrogen-bond donors (Lipinski definition) is 1. The molecular formula is C24H34FN3OS.